The highest BCUT2D eigenvalue weighted by molar-refractivity contribution is 5.93. The van der Waals surface area contributed by atoms with E-state index < -0.39 is 18.0 Å². The minimum atomic E-state index is -1.16. The third-order valence-electron chi connectivity index (χ3n) is 3.67. The number of aliphatic carboxylic acids is 1. The highest BCUT2D eigenvalue weighted by atomic mass is 16.4. The second-order valence-corrected chi connectivity index (χ2v) is 5.15. The number of amides is 2. The lowest BCUT2D eigenvalue weighted by atomic mass is 9.90. The summed E-state index contributed by atoms with van der Waals surface area (Å²) in [6.45, 7) is -0.294. The molecular weight excluding hydrogens is 272 g/mol. The molecule has 1 atom stereocenters. The molecule has 1 aromatic carbocycles. The molecule has 4 N–H and O–H groups in total. The second kappa shape index (κ2) is 7.08. The lowest BCUT2D eigenvalue weighted by Gasteiger charge is -2.20. The lowest BCUT2D eigenvalue weighted by molar-refractivity contribution is -0.139. The predicted octanol–water partition coefficient (Wildman–Crippen LogP) is 1.52. The number of benzene rings is 1. The largest absolute Gasteiger partial charge is 0.480 e. The number of hydrogen-bond donors (Lipinski definition) is 4. The van der Waals surface area contributed by atoms with E-state index in [0.29, 0.717) is 0 Å². The molecule has 0 radical (unpaired) electrons. The van der Waals surface area contributed by atoms with Gasteiger partial charge >= 0.3 is 12.0 Å². The maximum atomic E-state index is 11.9. The number of aryl methyl sites for hydroxylation is 1. The van der Waals surface area contributed by atoms with E-state index in [1.165, 1.54) is 5.56 Å². The summed E-state index contributed by atoms with van der Waals surface area (Å²) in [5.41, 5.74) is 3.11. The van der Waals surface area contributed by atoms with Gasteiger partial charge in [-0.05, 0) is 42.9 Å². The summed E-state index contributed by atoms with van der Waals surface area (Å²) in [7, 11) is 0. The maximum absolute atomic E-state index is 11.9. The summed E-state index contributed by atoms with van der Waals surface area (Å²) in [5, 5.41) is 22.9. The molecule has 0 bridgehead atoms. The van der Waals surface area contributed by atoms with E-state index in [0.717, 1.165) is 36.9 Å². The number of rotatable bonds is 5. The van der Waals surface area contributed by atoms with Crippen LogP contribution in [0.1, 0.15) is 30.4 Å². The van der Waals surface area contributed by atoms with Crippen LogP contribution >= 0.6 is 0 Å². The number of anilines is 1. The quantitative estimate of drug-likeness (QED) is 0.661. The average Bonchev–Trinajstić information content (AvgIpc) is 2.47. The van der Waals surface area contributed by atoms with Crippen molar-refractivity contribution in [2.45, 2.75) is 38.1 Å². The molecule has 1 unspecified atom stereocenters. The normalized spacial score (nSPS) is 14.9. The average molecular weight is 292 g/mol. The third kappa shape index (κ3) is 3.95. The molecule has 0 aromatic heterocycles. The first-order chi connectivity index (χ1) is 10.1. The van der Waals surface area contributed by atoms with E-state index >= 15 is 0 Å². The molecule has 6 heteroatoms. The summed E-state index contributed by atoms with van der Waals surface area (Å²) < 4.78 is 0. The van der Waals surface area contributed by atoms with Gasteiger partial charge in [0, 0.05) is 18.7 Å². The molecule has 1 aliphatic carbocycles. The Morgan fingerprint density at radius 2 is 2.00 bits per heavy atom. The molecule has 0 spiro atoms. The zero-order valence-electron chi connectivity index (χ0n) is 11.8. The van der Waals surface area contributed by atoms with E-state index in [1.807, 2.05) is 12.1 Å². The zero-order chi connectivity index (χ0) is 15.2. The monoisotopic (exact) mass is 292 g/mol. The molecule has 0 aliphatic heterocycles. The number of fused-ring (bicyclic) bond motifs is 1. The minimum absolute atomic E-state index is 0.0182. The summed E-state index contributed by atoms with van der Waals surface area (Å²) in [5.74, 6) is -1.16. The van der Waals surface area contributed by atoms with Gasteiger partial charge < -0.3 is 20.8 Å². The number of hydrogen-bond acceptors (Lipinski definition) is 3. The van der Waals surface area contributed by atoms with Gasteiger partial charge in [0.1, 0.15) is 6.04 Å². The van der Waals surface area contributed by atoms with Gasteiger partial charge in [0.25, 0.3) is 0 Å². The Morgan fingerprint density at radius 1 is 1.24 bits per heavy atom. The van der Waals surface area contributed by atoms with Crippen molar-refractivity contribution in [2.24, 2.45) is 0 Å². The molecule has 2 amide bonds. The fourth-order valence-electron chi connectivity index (χ4n) is 2.60. The topological polar surface area (TPSA) is 98.7 Å². The van der Waals surface area contributed by atoms with Crippen molar-refractivity contribution < 1.29 is 19.8 Å². The lowest BCUT2D eigenvalue weighted by Crippen LogP contribution is -2.43. The van der Waals surface area contributed by atoms with Gasteiger partial charge in [0.05, 0.1) is 0 Å². The molecule has 1 aliphatic rings. The summed E-state index contributed by atoms with van der Waals surface area (Å²) >= 11 is 0. The number of carboxylic acids is 1. The van der Waals surface area contributed by atoms with Crippen molar-refractivity contribution in [1.82, 2.24) is 5.32 Å². The molecular formula is C15H20N2O4. The van der Waals surface area contributed by atoms with E-state index in [-0.39, 0.29) is 13.0 Å². The maximum Gasteiger partial charge on any atom is 0.326 e. The fraction of sp³-hybridized carbons (Fsp3) is 0.467. The Bertz CT molecular complexity index is 530. The van der Waals surface area contributed by atoms with E-state index in [1.54, 1.807) is 0 Å². The second-order valence-electron chi connectivity index (χ2n) is 5.15. The van der Waals surface area contributed by atoms with Crippen LogP contribution in [0.25, 0.3) is 0 Å². The Labute approximate surface area is 123 Å². The summed E-state index contributed by atoms with van der Waals surface area (Å²) in [6.07, 6.45) is 4.16. The van der Waals surface area contributed by atoms with Crippen LogP contribution in [0.5, 0.6) is 0 Å². The molecule has 0 saturated heterocycles. The van der Waals surface area contributed by atoms with Crippen molar-refractivity contribution in [3.8, 4) is 0 Å². The smallest absolute Gasteiger partial charge is 0.326 e. The van der Waals surface area contributed by atoms with Crippen LogP contribution in [0.2, 0.25) is 0 Å². The van der Waals surface area contributed by atoms with Crippen LogP contribution in [0.4, 0.5) is 10.5 Å². The molecule has 114 valence electrons. The van der Waals surface area contributed by atoms with Gasteiger partial charge in [-0.2, -0.15) is 0 Å². The molecule has 21 heavy (non-hydrogen) atoms. The SMILES string of the molecule is O=C(Nc1cccc2c1CCCC2)NC(CCO)C(=O)O. The molecule has 0 fully saturated rings. The summed E-state index contributed by atoms with van der Waals surface area (Å²) in [4.78, 5) is 22.9. The number of carbonyl (C=O) groups is 2. The van der Waals surface area contributed by atoms with Crippen molar-refractivity contribution >= 4 is 17.7 Å². The van der Waals surface area contributed by atoms with Crippen molar-refractivity contribution in [3.63, 3.8) is 0 Å². The Morgan fingerprint density at radius 3 is 2.71 bits per heavy atom. The number of aliphatic hydroxyl groups is 1. The van der Waals surface area contributed by atoms with Crippen molar-refractivity contribution in [3.05, 3.63) is 29.3 Å². The van der Waals surface area contributed by atoms with Gasteiger partial charge in [-0.3, -0.25) is 0 Å². The van der Waals surface area contributed by atoms with Gasteiger partial charge in [-0.15, -0.1) is 0 Å². The van der Waals surface area contributed by atoms with Crippen LogP contribution in [-0.4, -0.2) is 34.9 Å². The number of carboxylic acid groups (broad SMARTS) is 1. The van der Waals surface area contributed by atoms with Gasteiger partial charge in [0.2, 0.25) is 0 Å². The first kappa shape index (κ1) is 15.3. The van der Waals surface area contributed by atoms with Gasteiger partial charge in [0.15, 0.2) is 0 Å². The van der Waals surface area contributed by atoms with Crippen LogP contribution < -0.4 is 10.6 Å². The first-order valence-corrected chi connectivity index (χ1v) is 7.13. The molecule has 0 heterocycles. The van der Waals surface area contributed by atoms with E-state index in [4.69, 9.17) is 10.2 Å². The zero-order valence-corrected chi connectivity index (χ0v) is 11.8. The first-order valence-electron chi connectivity index (χ1n) is 7.13. The third-order valence-corrected chi connectivity index (χ3v) is 3.67. The number of aliphatic hydroxyl groups excluding tert-OH is 1. The predicted molar refractivity (Wildman–Crippen MR) is 78.4 cm³/mol. The molecule has 2 rings (SSSR count). The standard InChI is InChI=1S/C15H20N2O4/c18-9-8-13(14(19)20)17-15(21)16-12-7-3-5-10-4-1-2-6-11(10)12/h3,5,7,13,18H,1-2,4,6,8-9H2,(H,19,20)(H2,16,17,21). The van der Waals surface area contributed by atoms with E-state index in [2.05, 4.69) is 16.7 Å². The molecule has 1 aromatic rings. The number of nitrogens with one attached hydrogen (secondary N) is 2. The van der Waals surface area contributed by atoms with Crippen molar-refractivity contribution in [1.29, 1.82) is 0 Å². The van der Waals surface area contributed by atoms with Crippen LogP contribution in [-0.2, 0) is 17.6 Å². The summed E-state index contributed by atoms with van der Waals surface area (Å²) in [6, 6.07) is 4.13. The van der Waals surface area contributed by atoms with E-state index in [9.17, 15) is 9.59 Å². The Balaban J connectivity index is 2.04. The van der Waals surface area contributed by atoms with Crippen molar-refractivity contribution in [2.75, 3.05) is 11.9 Å². The Kier molecular flexibility index (Phi) is 5.16. The molecule has 6 nitrogen and oxygen atoms in total. The Hall–Kier alpha value is -2.08. The molecule has 0 saturated carbocycles. The van der Waals surface area contributed by atoms with Crippen LogP contribution in [0.15, 0.2) is 18.2 Å². The van der Waals surface area contributed by atoms with Crippen LogP contribution in [0.3, 0.4) is 0 Å². The fourth-order valence-corrected chi connectivity index (χ4v) is 2.60. The van der Waals surface area contributed by atoms with Gasteiger partial charge in [-0.25, -0.2) is 9.59 Å². The highest BCUT2D eigenvalue weighted by Gasteiger charge is 2.20. The minimum Gasteiger partial charge on any atom is -0.480 e. The highest BCUT2D eigenvalue weighted by Crippen LogP contribution is 2.27. The van der Waals surface area contributed by atoms with Gasteiger partial charge in [-0.1, -0.05) is 12.1 Å². The van der Waals surface area contributed by atoms with Crippen LogP contribution in [0, 0.1) is 0 Å². The number of urea groups is 1. The number of carbonyl (C=O) groups excluding carboxylic acids is 1.